The topological polar surface area (TPSA) is 35.2 Å². The molecule has 0 saturated carbocycles. The predicted molar refractivity (Wildman–Crippen MR) is 321 cm³/mol. The largest absolute Gasteiger partial charge is 0.509 e. The summed E-state index contributed by atoms with van der Waals surface area (Å²) < 4.78 is 30.5. The fourth-order valence-electron chi connectivity index (χ4n) is 11.0. The smallest absolute Gasteiger partial charge is 0.135 e. The number of hydrogen-bond donors (Lipinski definition) is 0. The van der Waals surface area contributed by atoms with E-state index in [0.29, 0.717) is 17.1 Å². The minimum absolute atomic E-state index is 0. The van der Waals surface area contributed by atoms with E-state index in [1.807, 2.05) is 26.1 Å². The summed E-state index contributed by atoms with van der Waals surface area (Å²) in [5, 5.41) is 10.2. The molecule has 1 aliphatic heterocycles. The molecule has 0 spiro atoms. The molecule has 1 aliphatic rings. The zero-order valence-electron chi connectivity index (χ0n) is 47.3. The fraction of sp³-hybridized carbons (Fsp3) is 0.217. The summed E-state index contributed by atoms with van der Waals surface area (Å²) >= 11 is 0. The Labute approximate surface area is 466 Å². The zero-order valence-corrected chi connectivity index (χ0v) is 48.6. The van der Waals surface area contributed by atoms with Crippen molar-refractivity contribution in [3.8, 4) is 28.4 Å². The molecular weight excluding hydrogens is 1120 g/mol. The van der Waals surface area contributed by atoms with Crippen LogP contribution in [0.5, 0.6) is 11.5 Å². The standard InChI is InChI=1S/C69H65N4OSi.Pt/c1-44(2)34-45-35-46(37-48(36-45)69(6,7)8)53-25-18-26-60-56-22-14-12-20-54(56)55-21-13-15-23-57(55)61-27-19-29-63-67(61)72(66(53)60)43-71(63)49-39-51(41-52(40-49)75(9,10)11)74-50-30-31-59-58-24-16-17-28-62(58)73(64(59)42-50)65-38-47(32-33-70-65)68(3,4)5;/h12-33,35-38,40-41,43-44H,34H2,1-11H3;/q-3;/i34D2;. The van der Waals surface area contributed by atoms with E-state index in [-0.39, 0.29) is 37.8 Å². The van der Waals surface area contributed by atoms with E-state index in [9.17, 15) is 2.74 Å². The number of hydrogen-bond acceptors (Lipinski definition) is 3. The number of rotatable bonds is 8. The number of pyridine rings is 1. The van der Waals surface area contributed by atoms with E-state index in [0.717, 1.165) is 99.0 Å². The maximum absolute atomic E-state index is 9.44. The van der Waals surface area contributed by atoms with Gasteiger partial charge >= 0.3 is 0 Å². The Morgan fingerprint density at radius 3 is 1.88 bits per heavy atom. The molecule has 0 bridgehead atoms. The van der Waals surface area contributed by atoms with Crippen LogP contribution in [0.3, 0.4) is 0 Å². The minimum atomic E-state index is -2.00. The number of fused-ring (bicyclic) bond motifs is 10. The Morgan fingerprint density at radius 2 is 1.22 bits per heavy atom. The van der Waals surface area contributed by atoms with Gasteiger partial charge in [-0.1, -0.05) is 201 Å². The Balaban J connectivity index is 0.00000645. The van der Waals surface area contributed by atoms with Crippen molar-refractivity contribution in [3.63, 3.8) is 0 Å². The Kier molecular flexibility index (Phi) is 12.2. The number of ether oxygens (including phenoxy) is 1. The van der Waals surface area contributed by atoms with Crippen LogP contribution in [0, 0.1) is 24.7 Å². The number of benzene rings is 8. The molecular formula is C69H65N4OPtSi-3. The Hall–Kier alpha value is -7.11. The molecule has 0 aliphatic carbocycles. The van der Waals surface area contributed by atoms with Crippen LogP contribution in [-0.2, 0) is 38.3 Å². The Morgan fingerprint density at radius 1 is 0.605 bits per heavy atom. The third kappa shape index (κ3) is 9.07. The van der Waals surface area contributed by atoms with Gasteiger partial charge in [-0.05, 0) is 131 Å². The second-order valence-corrected chi connectivity index (χ2v) is 28.8. The first kappa shape index (κ1) is 48.5. The van der Waals surface area contributed by atoms with Gasteiger partial charge in [0.05, 0.1) is 8.07 Å². The zero-order chi connectivity index (χ0) is 53.9. The van der Waals surface area contributed by atoms with Gasteiger partial charge in [0.2, 0.25) is 0 Å². The molecule has 0 unspecified atom stereocenters. The average Bonchev–Trinajstić information content (AvgIpc) is 4.04. The van der Waals surface area contributed by atoms with E-state index in [1.54, 1.807) is 0 Å². The minimum Gasteiger partial charge on any atom is -0.509 e. The van der Waals surface area contributed by atoms with E-state index in [1.165, 1.54) is 10.8 Å². The van der Waals surface area contributed by atoms with Gasteiger partial charge < -0.3 is 18.8 Å². The molecule has 0 fully saturated rings. The molecule has 12 rings (SSSR count). The summed E-state index contributed by atoms with van der Waals surface area (Å²) in [6, 6.07) is 66.3. The first-order chi connectivity index (χ1) is 36.6. The monoisotopic (exact) mass is 1190 g/mol. The first-order valence-corrected chi connectivity index (χ1v) is 29.9. The summed E-state index contributed by atoms with van der Waals surface area (Å²) in [4.78, 5) is 7.22. The van der Waals surface area contributed by atoms with E-state index in [4.69, 9.17) is 9.72 Å². The summed E-state index contributed by atoms with van der Waals surface area (Å²) in [7, 11) is -2.00. The number of anilines is 2. The number of nitrogens with zero attached hydrogens (tertiary/aromatic N) is 4. The van der Waals surface area contributed by atoms with E-state index >= 15 is 0 Å². The van der Waals surface area contributed by atoms with Crippen LogP contribution in [0.15, 0.2) is 170 Å². The summed E-state index contributed by atoms with van der Waals surface area (Å²) in [5.74, 6) is 1.81. The van der Waals surface area contributed by atoms with Crippen LogP contribution in [0.2, 0.25) is 19.6 Å². The molecule has 0 radical (unpaired) electrons. The quantitative estimate of drug-likeness (QED) is 0.112. The molecule has 7 heteroatoms. The second-order valence-electron chi connectivity index (χ2n) is 23.7. The molecule has 0 saturated heterocycles. The van der Waals surface area contributed by atoms with Gasteiger partial charge in [-0.15, -0.1) is 35.7 Å². The fourth-order valence-corrected chi connectivity index (χ4v) is 12.2. The van der Waals surface area contributed by atoms with Gasteiger partial charge in [0.1, 0.15) is 5.82 Å². The molecule has 8 aromatic carbocycles. The maximum Gasteiger partial charge on any atom is 0.135 e. The number of para-hydroxylation sites is 3. The van der Waals surface area contributed by atoms with Crippen molar-refractivity contribution < 1.29 is 28.5 Å². The van der Waals surface area contributed by atoms with Crippen molar-refractivity contribution in [2.45, 2.75) is 92.2 Å². The van der Waals surface area contributed by atoms with Gasteiger partial charge in [-0.25, -0.2) is 4.98 Å². The third-order valence-corrected chi connectivity index (χ3v) is 16.9. The normalized spacial score (nSPS) is 13.4. The summed E-state index contributed by atoms with van der Waals surface area (Å²) in [5.41, 5.74) is 10.6. The van der Waals surface area contributed by atoms with Crippen molar-refractivity contribution in [2.75, 3.05) is 4.90 Å². The van der Waals surface area contributed by atoms with Crippen LogP contribution in [-0.4, -0.2) is 22.2 Å². The molecule has 5 nitrogen and oxygen atoms in total. The van der Waals surface area contributed by atoms with Crippen molar-refractivity contribution >= 4 is 89.8 Å². The van der Waals surface area contributed by atoms with Gasteiger partial charge in [-0.2, -0.15) is 11.3 Å². The molecule has 0 N–H and O–H groups in total. The average molecular weight is 1190 g/mol. The summed E-state index contributed by atoms with van der Waals surface area (Å²) in [6.45, 7) is 26.7. The SMILES string of the molecule is [2H]C([2H])(c1cc(-c2cccc3c4ccccc4c4ccccc4c4cccc5c4n(c23)[CH-]N5c2[c-]c(Oc3[c-]c4c(cc3)c3ccccc3n4-c3cc(C(C)(C)C)ccn3)cc([Si](C)(C)C)c2)cc(C(C)(C)C)c1)C(C)C.[Pt]. The Bertz CT molecular complexity index is 4270. The van der Waals surface area contributed by atoms with Gasteiger partial charge in [0, 0.05) is 52.7 Å². The molecule has 384 valence electrons. The van der Waals surface area contributed by atoms with Crippen molar-refractivity contribution in [2.24, 2.45) is 5.92 Å². The molecule has 3 aromatic heterocycles. The van der Waals surface area contributed by atoms with Gasteiger partial charge in [0.25, 0.3) is 0 Å². The van der Waals surface area contributed by atoms with E-state index < -0.39 is 14.4 Å². The van der Waals surface area contributed by atoms with Gasteiger partial charge in [-0.3, -0.25) is 0 Å². The van der Waals surface area contributed by atoms with Crippen LogP contribution >= 0.6 is 0 Å². The van der Waals surface area contributed by atoms with Crippen LogP contribution in [0.25, 0.3) is 82.1 Å². The molecule has 4 heterocycles. The van der Waals surface area contributed by atoms with Crippen LogP contribution in [0.4, 0.5) is 11.4 Å². The van der Waals surface area contributed by atoms with Gasteiger partial charge in [0.15, 0.2) is 0 Å². The summed E-state index contributed by atoms with van der Waals surface area (Å²) in [6.07, 6.45) is 0.348. The molecule has 76 heavy (non-hydrogen) atoms. The van der Waals surface area contributed by atoms with E-state index in [2.05, 4.69) is 252 Å². The molecule has 11 aromatic rings. The van der Waals surface area contributed by atoms with Crippen LogP contribution in [0.1, 0.15) is 74.8 Å². The number of aromatic nitrogens is 3. The first-order valence-electron chi connectivity index (χ1n) is 27.4. The van der Waals surface area contributed by atoms with Crippen molar-refractivity contribution in [1.29, 1.82) is 0 Å². The maximum atomic E-state index is 9.44. The molecule has 0 amide bonds. The van der Waals surface area contributed by atoms with Crippen molar-refractivity contribution in [3.05, 3.63) is 205 Å². The second kappa shape index (κ2) is 19.2. The predicted octanol–water partition coefficient (Wildman–Crippen LogP) is 18.2. The van der Waals surface area contributed by atoms with Crippen LogP contribution < -0.4 is 14.8 Å². The third-order valence-electron chi connectivity index (χ3n) is 14.9. The van der Waals surface area contributed by atoms with Crippen molar-refractivity contribution in [1.82, 2.24) is 14.1 Å². The molecule has 0 atom stereocenters.